The highest BCUT2D eigenvalue weighted by Gasteiger charge is 2.14. The number of ether oxygens (including phenoxy) is 2. The Hall–Kier alpha value is -2.77. The van der Waals surface area contributed by atoms with E-state index >= 15 is 0 Å². The van der Waals surface area contributed by atoms with Gasteiger partial charge in [0.05, 0.1) is 37.8 Å². The maximum atomic E-state index is 6.29. The Labute approximate surface area is 180 Å². The van der Waals surface area contributed by atoms with Crippen molar-refractivity contribution < 1.29 is 9.47 Å². The lowest BCUT2D eigenvalue weighted by molar-refractivity contribution is 0.355. The number of benzene rings is 2. The Morgan fingerprint density at radius 2 is 1.79 bits per heavy atom. The lowest BCUT2D eigenvalue weighted by Gasteiger charge is -2.13. The van der Waals surface area contributed by atoms with Crippen molar-refractivity contribution in [1.82, 2.24) is 9.78 Å². The first kappa shape index (κ1) is 21.0. The Morgan fingerprint density at radius 3 is 2.48 bits per heavy atom. The van der Waals surface area contributed by atoms with Gasteiger partial charge in [0.15, 0.2) is 16.6 Å². The summed E-state index contributed by atoms with van der Waals surface area (Å²) in [5.74, 6) is 1.28. The summed E-state index contributed by atoms with van der Waals surface area (Å²) in [6.45, 7) is 4.53. The van der Waals surface area contributed by atoms with Gasteiger partial charge in [0.25, 0.3) is 0 Å². The van der Waals surface area contributed by atoms with Gasteiger partial charge in [0.1, 0.15) is 0 Å². The molecule has 0 radical (unpaired) electrons. The summed E-state index contributed by atoms with van der Waals surface area (Å²) in [7, 11) is 3.20. The number of anilines is 2. The summed E-state index contributed by atoms with van der Waals surface area (Å²) in [5, 5.41) is 12.2. The first-order valence-electron chi connectivity index (χ1n) is 9.00. The lowest BCUT2D eigenvalue weighted by Crippen LogP contribution is -2.20. The second kappa shape index (κ2) is 9.15. The molecule has 0 amide bonds. The molecule has 0 atom stereocenters. The summed E-state index contributed by atoms with van der Waals surface area (Å²) < 4.78 is 12.5. The number of methoxy groups -OCH3 is 2. The first-order chi connectivity index (χ1) is 13.9. The second-order valence-corrected chi connectivity index (χ2v) is 7.26. The predicted octanol–water partition coefficient (Wildman–Crippen LogP) is 5.03. The highest BCUT2D eigenvalue weighted by atomic mass is 35.5. The van der Waals surface area contributed by atoms with Gasteiger partial charge < -0.3 is 20.1 Å². The summed E-state index contributed by atoms with van der Waals surface area (Å²) in [4.78, 5) is 0. The molecule has 152 valence electrons. The van der Waals surface area contributed by atoms with Crippen LogP contribution >= 0.6 is 23.8 Å². The molecule has 2 aromatic carbocycles. The zero-order valence-corrected chi connectivity index (χ0v) is 18.3. The molecule has 1 aromatic heterocycles. The molecule has 2 N–H and O–H groups in total. The molecule has 29 heavy (non-hydrogen) atoms. The number of aryl methyl sites for hydroxylation is 1. The van der Waals surface area contributed by atoms with Gasteiger partial charge in [-0.3, -0.25) is 4.68 Å². The van der Waals surface area contributed by atoms with Crippen molar-refractivity contribution in [3.05, 3.63) is 64.4 Å². The van der Waals surface area contributed by atoms with E-state index in [-0.39, 0.29) is 0 Å². The highest BCUT2D eigenvalue weighted by Crippen LogP contribution is 2.30. The van der Waals surface area contributed by atoms with Crippen molar-refractivity contribution >= 4 is 40.3 Å². The van der Waals surface area contributed by atoms with E-state index in [0.29, 0.717) is 23.2 Å². The van der Waals surface area contributed by atoms with E-state index in [0.717, 1.165) is 33.3 Å². The molecule has 3 rings (SSSR count). The summed E-state index contributed by atoms with van der Waals surface area (Å²) in [5.41, 5.74) is 4.50. The summed E-state index contributed by atoms with van der Waals surface area (Å²) in [6.07, 6.45) is 0. The third kappa shape index (κ3) is 4.81. The molecule has 0 aliphatic heterocycles. The van der Waals surface area contributed by atoms with E-state index in [1.54, 1.807) is 14.2 Å². The number of thiocarbonyl (C=S) groups is 1. The molecule has 1 heterocycles. The minimum Gasteiger partial charge on any atom is -0.493 e. The molecule has 0 fully saturated rings. The topological polar surface area (TPSA) is 60.3 Å². The SMILES string of the molecule is COc1ccc(NC(=S)Nc2c(C)nn(Cc3ccccc3Cl)c2C)cc1OC. The van der Waals surface area contributed by atoms with Crippen LogP contribution in [0.25, 0.3) is 0 Å². The number of halogens is 1. The zero-order valence-electron chi connectivity index (χ0n) is 16.7. The van der Waals surface area contributed by atoms with Crippen molar-refractivity contribution in [2.45, 2.75) is 20.4 Å². The van der Waals surface area contributed by atoms with Crippen LogP contribution in [0.1, 0.15) is 17.0 Å². The van der Waals surface area contributed by atoms with Crippen LogP contribution in [0, 0.1) is 13.8 Å². The minimum atomic E-state index is 0.459. The molecule has 0 spiro atoms. The van der Waals surface area contributed by atoms with E-state index in [9.17, 15) is 0 Å². The third-order valence-electron chi connectivity index (χ3n) is 4.54. The lowest BCUT2D eigenvalue weighted by atomic mass is 10.2. The molecule has 8 heteroatoms. The van der Waals surface area contributed by atoms with Crippen LogP contribution in [0.3, 0.4) is 0 Å². The Kier molecular flexibility index (Phi) is 6.61. The second-order valence-electron chi connectivity index (χ2n) is 6.44. The van der Waals surface area contributed by atoms with Gasteiger partial charge >= 0.3 is 0 Å². The van der Waals surface area contributed by atoms with Crippen LogP contribution < -0.4 is 20.1 Å². The smallest absolute Gasteiger partial charge is 0.175 e. The van der Waals surface area contributed by atoms with Gasteiger partial charge in [-0.15, -0.1) is 0 Å². The van der Waals surface area contributed by atoms with Gasteiger partial charge in [-0.2, -0.15) is 5.10 Å². The van der Waals surface area contributed by atoms with E-state index in [2.05, 4.69) is 15.7 Å². The van der Waals surface area contributed by atoms with Crippen LogP contribution in [-0.2, 0) is 6.54 Å². The van der Waals surface area contributed by atoms with Crippen LogP contribution in [0.4, 0.5) is 11.4 Å². The van der Waals surface area contributed by atoms with Crippen LogP contribution in [-0.4, -0.2) is 29.1 Å². The zero-order chi connectivity index (χ0) is 21.0. The third-order valence-corrected chi connectivity index (χ3v) is 5.11. The van der Waals surface area contributed by atoms with Crippen molar-refractivity contribution in [3.63, 3.8) is 0 Å². The van der Waals surface area contributed by atoms with Crippen molar-refractivity contribution in [2.75, 3.05) is 24.9 Å². The molecule has 3 aromatic rings. The number of aromatic nitrogens is 2. The van der Waals surface area contributed by atoms with Gasteiger partial charge in [-0.1, -0.05) is 29.8 Å². The summed E-state index contributed by atoms with van der Waals surface area (Å²) >= 11 is 11.8. The average Bonchev–Trinajstić information content (AvgIpc) is 2.97. The molecule has 0 aliphatic rings. The monoisotopic (exact) mass is 430 g/mol. The van der Waals surface area contributed by atoms with E-state index in [1.165, 1.54) is 0 Å². The standard InChI is InChI=1S/C21H23ClN4O2S/c1-13-20(14(2)26(25-13)12-15-7-5-6-8-17(15)22)24-21(29)23-16-9-10-18(27-3)19(11-16)28-4/h5-11H,12H2,1-4H3,(H2,23,24,29). The van der Waals surface area contributed by atoms with Crippen molar-refractivity contribution in [1.29, 1.82) is 0 Å². The maximum absolute atomic E-state index is 6.29. The largest absolute Gasteiger partial charge is 0.493 e. The van der Waals surface area contributed by atoms with Gasteiger partial charge in [-0.25, -0.2) is 0 Å². The number of nitrogens with zero attached hydrogens (tertiary/aromatic N) is 2. The maximum Gasteiger partial charge on any atom is 0.175 e. The number of hydrogen-bond donors (Lipinski definition) is 2. The molecule has 0 bridgehead atoms. The fraction of sp³-hybridized carbons (Fsp3) is 0.238. The van der Waals surface area contributed by atoms with Crippen LogP contribution in [0.2, 0.25) is 5.02 Å². The Bertz CT molecular complexity index is 1040. The molecule has 0 saturated heterocycles. The highest BCUT2D eigenvalue weighted by molar-refractivity contribution is 7.80. The van der Waals surface area contributed by atoms with Gasteiger partial charge in [-0.05, 0) is 49.8 Å². The normalized spacial score (nSPS) is 10.5. The van der Waals surface area contributed by atoms with E-state index in [4.69, 9.17) is 33.3 Å². The Balaban J connectivity index is 1.74. The van der Waals surface area contributed by atoms with Gasteiger partial charge in [0, 0.05) is 16.8 Å². The molecular weight excluding hydrogens is 408 g/mol. The average molecular weight is 431 g/mol. The van der Waals surface area contributed by atoms with Crippen molar-refractivity contribution in [2.24, 2.45) is 0 Å². The number of rotatable bonds is 6. The van der Waals surface area contributed by atoms with Crippen molar-refractivity contribution in [3.8, 4) is 11.5 Å². The fourth-order valence-electron chi connectivity index (χ4n) is 3.01. The molecule has 0 aliphatic carbocycles. The summed E-state index contributed by atoms with van der Waals surface area (Å²) in [6, 6.07) is 13.3. The molecule has 0 unspecified atom stereocenters. The number of hydrogen-bond acceptors (Lipinski definition) is 4. The molecule has 0 saturated carbocycles. The van der Waals surface area contributed by atoms with Crippen LogP contribution in [0.5, 0.6) is 11.5 Å². The van der Waals surface area contributed by atoms with Crippen LogP contribution in [0.15, 0.2) is 42.5 Å². The quantitative estimate of drug-likeness (QED) is 0.535. The predicted molar refractivity (Wildman–Crippen MR) is 122 cm³/mol. The first-order valence-corrected chi connectivity index (χ1v) is 9.79. The van der Waals surface area contributed by atoms with E-state index in [1.807, 2.05) is 61.0 Å². The fourth-order valence-corrected chi connectivity index (χ4v) is 3.43. The van der Waals surface area contributed by atoms with Gasteiger partial charge in [0.2, 0.25) is 0 Å². The molecular formula is C21H23ClN4O2S. The number of nitrogens with one attached hydrogen (secondary N) is 2. The Morgan fingerprint density at radius 1 is 1.07 bits per heavy atom. The van der Waals surface area contributed by atoms with E-state index < -0.39 is 0 Å². The molecule has 6 nitrogen and oxygen atoms in total. The minimum absolute atomic E-state index is 0.459.